The topological polar surface area (TPSA) is 79.1 Å². The van der Waals surface area contributed by atoms with Gasteiger partial charge in [-0.2, -0.15) is 0 Å². The fraction of sp³-hybridized carbons (Fsp3) is 0.278. The van der Waals surface area contributed by atoms with Crippen molar-refractivity contribution in [3.05, 3.63) is 47.4 Å². The number of benzene rings is 1. The van der Waals surface area contributed by atoms with Crippen LogP contribution in [0.4, 0.5) is 0 Å². The Morgan fingerprint density at radius 2 is 1.79 bits per heavy atom. The van der Waals surface area contributed by atoms with Crippen molar-refractivity contribution in [3.8, 4) is 11.3 Å². The van der Waals surface area contributed by atoms with Crippen LogP contribution in [0, 0.1) is 13.8 Å². The van der Waals surface area contributed by atoms with Crippen molar-refractivity contribution in [1.29, 1.82) is 0 Å². The van der Waals surface area contributed by atoms with Crippen molar-refractivity contribution in [2.24, 2.45) is 0 Å². The van der Waals surface area contributed by atoms with Crippen molar-refractivity contribution < 1.29 is 5.11 Å². The van der Waals surface area contributed by atoms with E-state index in [1.54, 1.807) is 20.0 Å². The minimum absolute atomic E-state index is 0.742. The molecule has 0 bridgehead atoms. The van der Waals surface area contributed by atoms with Gasteiger partial charge in [0.25, 0.3) is 0 Å². The van der Waals surface area contributed by atoms with Gasteiger partial charge in [-0.3, -0.25) is 4.40 Å². The summed E-state index contributed by atoms with van der Waals surface area (Å²) in [6.45, 7) is 7.57. The average molecular weight is 321 g/mol. The minimum Gasteiger partial charge on any atom is -0.386 e. The smallest absolute Gasteiger partial charge is 0.179 e. The van der Waals surface area contributed by atoms with Gasteiger partial charge in [0.05, 0.1) is 23.0 Å². The van der Waals surface area contributed by atoms with Crippen LogP contribution in [0.3, 0.4) is 0 Å². The Morgan fingerprint density at radius 3 is 2.46 bits per heavy atom. The van der Waals surface area contributed by atoms with E-state index < -0.39 is 5.60 Å². The predicted octanol–water partition coefficient (Wildman–Crippen LogP) is 3.12. The molecule has 0 aliphatic carbocycles. The van der Waals surface area contributed by atoms with Gasteiger partial charge in [-0.25, -0.2) is 4.98 Å². The second-order valence-corrected chi connectivity index (χ2v) is 6.66. The summed E-state index contributed by atoms with van der Waals surface area (Å²) in [5.41, 5.74) is 5.75. The third-order valence-electron chi connectivity index (χ3n) is 4.46. The first-order valence-corrected chi connectivity index (χ1v) is 7.88. The number of nitrogens with one attached hydrogen (secondary N) is 1. The zero-order valence-electron chi connectivity index (χ0n) is 14.1. The molecule has 4 aromatic rings. The SMILES string of the molecule is Cc1c(-c2ccc(C(C)(C)O)cc2)[nH]c2ncc3nnc(C)n3c12. The second-order valence-electron chi connectivity index (χ2n) is 6.66. The highest BCUT2D eigenvalue weighted by Crippen LogP contribution is 2.31. The number of fused-ring (bicyclic) bond motifs is 3. The minimum atomic E-state index is -0.846. The van der Waals surface area contributed by atoms with Crippen molar-refractivity contribution in [2.75, 3.05) is 0 Å². The zero-order valence-corrected chi connectivity index (χ0v) is 14.1. The predicted molar refractivity (Wildman–Crippen MR) is 92.8 cm³/mol. The summed E-state index contributed by atoms with van der Waals surface area (Å²) in [5.74, 6) is 0.837. The molecule has 0 unspecified atom stereocenters. The van der Waals surface area contributed by atoms with E-state index >= 15 is 0 Å². The Labute approximate surface area is 139 Å². The summed E-state index contributed by atoms with van der Waals surface area (Å²) in [6, 6.07) is 7.93. The quantitative estimate of drug-likeness (QED) is 0.594. The lowest BCUT2D eigenvalue weighted by Gasteiger charge is -2.17. The Bertz CT molecular complexity index is 1050. The molecule has 6 heteroatoms. The molecule has 2 N–H and O–H groups in total. The van der Waals surface area contributed by atoms with Gasteiger partial charge in [0.1, 0.15) is 5.82 Å². The third-order valence-corrected chi connectivity index (χ3v) is 4.46. The largest absolute Gasteiger partial charge is 0.386 e. The molecule has 4 rings (SSSR count). The lowest BCUT2D eigenvalue weighted by Crippen LogP contribution is -2.14. The van der Waals surface area contributed by atoms with E-state index in [-0.39, 0.29) is 0 Å². The van der Waals surface area contributed by atoms with Gasteiger partial charge < -0.3 is 10.1 Å². The molecular formula is C18H19N5O. The third kappa shape index (κ3) is 2.11. The number of hydrogen-bond donors (Lipinski definition) is 2. The Morgan fingerprint density at radius 1 is 1.08 bits per heavy atom. The molecule has 0 aliphatic heterocycles. The molecule has 122 valence electrons. The summed E-state index contributed by atoms with van der Waals surface area (Å²) in [5, 5.41) is 18.4. The van der Waals surface area contributed by atoms with Crippen LogP contribution in [-0.4, -0.2) is 29.7 Å². The molecular weight excluding hydrogens is 302 g/mol. The number of rotatable bonds is 2. The van der Waals surface area contributed by atoms with E-state index in [1.165, 1.54) is 0 Å². The van der Waals surface area contributed by atoms with Crippen LogP contribution in [0.5, 0.6) is 0 Å². The van der Waals surface area contributed by atoms with Crippen LogP contribution >= 0.6 is 0 Å². The van der Waals surface area contributed by atoms with E-state index in [4.69, 9.17) is 0 Å². The summed E-state index contributed by atoms with van der Waals surface area (Å²) < 4.78 is 2.02. The molecule has 0 amide bonds. The maximum Gasteiger partial charge on any atom is 0.179 e. The lowest BCUT2D eigenvalue weighted by molar-refractivity contribution is 0.0786. The lowest BCUT2D eigenvalue weighted by atomic mass is 9.96. The monoisotopic (exact) mass is 321 g/mol. The zero-order chi connectivity index (χ0) is 17.1. The van der Waals surface area contributed by atoms with Gasteiger partial charge in [-0.05, 0) is 38.8 Å². The van der Waals surface area contributed by atoms with E-state index in [1.807, 2.05) is 35.6 Å². The number of nitrogens with zero attached hydrogens (tertiary/aromatic N) is 4. The standard InChI is InChI=1S/C18H19N5O/c1-10-15(12-5-7-13(8-6-12)18(3,4)24)20-17-16(10)23-11(2)21-22-14(23)9-19-17/h5-9,20,24H,1-4H3. The van der Waals surface area contributed by atoms with Crippen molar-refractivity contribution in [1.82, 2.24) is 24.6 Å². The second kappa shape index (κ2) is 4.88. The first-order valence-electron chi connectivity index (χ1n) is 7.88. The van der Waals surface area contributed by atoms with Crippen LogP contribution in [0.25, 0.3) is 28.1 Å². The summed E-state index contributed by atoms with van der Waals surface area (Å²) in [6.07, 6.45) is 1.72. The maximum atomic E-state index is 10.1. The van der Waals surface area contributed by atoms with Gasteiger partial charge in [-0.1, -0.05) is 24.3 Å². The summed E-state index contributed by atoms with van der Waals surface area (Å²) in [7, 11) is 0. The number of aromatic amines is 1. The van der Waals surface area contributed by atoms with Crippen LogP contribution < -0.4 is 0 Å². The average Bonchev–Trinajstić information content (AvgIpc) is 3.08. The highest BCUT2D eigenvalue weighted by molar-refractivity contribution is 5.87. The van der Waals surface area contributed by atoms with E-state index in [9.17, 15) is 5.11 Å². The van der Waals surface area contributed by atoms with Gasteiger partial charge >= 0.3 is 0 Å². The van der Waals surface area contributed by atoms with Crippen LogP contribution in [0.2, 0.25) is 0 Å². The number of H-pyrrole nitrogens is 1. The Hall–Kier alpha value is -2.73. The molecule has 0 atom stereocenters. The van der Waals surface area contributed by atoms with Gasteiger partial charge in [0, 0.05) is 5.56 Å². The molecule has 3 heterocycles. The molecule has 3 aromatic heterocycles. The molecule has 6 nitrogen and oxygen atoms in total. The fourth-order valence-electron chi connectivity index (χ4n) is 3.13. The van der Waals surface area contributed by atoms with Crippen LogP contribution in [-0.2, 0) is 5.60 Å². The summed E-state index contributed by atoms with van der Waals surface area (Å²) >= 11 is 0. The van der Waals surface area contributed by atoms with Crippen LogP contribution in [0.1, 0.15) is 30.8 Å². The normalized spacial score (nSPS) is 12.4. The molecule has 0 radical (unpaired) electrons. The molecule has 1 aromatic carbocycles. The Kier molecular flexibility index (Phi) is 3.02. The van der Waals surface area contributed by atoms with E-state index in [2.05, 4.69) is 27.1 Å². The number of aryl methyl sites for hydroxylation is 2. The number of hydrogen-bond acceptors (Lipinski definition) is 4. The first-order chi connectivity index (χ1) is 11.4. The van der Waals surface area contributed by atoms with Gasteiger partial charge in [0.2, 0.25) is 0 Å². The van der Waals surface area contributed by atoms with Gasteiger partial charge in [-0.15, -0.1) is 10.2 Å². The Balaban J connectivity index is 1.93. The van der Waals surface area contributed by atoms with Crippen molar-refractivity contribution in [2.45, 2.75) is 33.3 Å². The van der Waals surface area contributed by atoms with Crippen molar-refractivity contribution in [3.63, 3.8) is 0 Å². The van der Waals surface area contributed by atoms with E-state index in [0.717, 1.165) is 45.0 Å². The molecule has 0 saturated carbocycles. The molecule has 24 heavy (non-hydrogen) atoms. The molecule has 0 aliphatic rings. The number of aliphatic hydroxyl groups is 1. The fourth-order valence-corrected chi connectivity index (χ4v) is 3.13. The molecule has 0 saturated heterocycles. The maximum absolute atomic E-state index is 10.1. The van der Waals surface area contributed by atoms with Crippen molar-refractivity contribution >= 4 is 16.8 Å². The number of aromatic nitrogens is 5. The highest BCUT2D eigenvalue weighted by atomic mass is 16.3. The van der Waals surface area contributed by atoms with Gasteiger partial charge in [0.15, 0.2) is 11.3 Å². The van der Waals surface area contributed by atoms with E-state index in [0.29, 0.717) is 0 Å². The van der Waals surface area contributed by atoms with Crippen LogP contribution in [0.15, 0.2) is 30.5 Å². The summed E-state index contributed by atoms with van der Waals surface area (Å²) in [4.78, 5) is 7.87. The first kappa shape index (κ1) is 14.8. The molecule has 0 fully saturated rings. The highest BCUT2D eigenvalue weighted by Gasteiger charge is 2.18. The molecule has 0 spiro atoms.